The van der Waals surface area contributed by atoms with Gasteiger partial charge in [-0.25, -0.2) is 0 Å². The van der Waals surface area contributed by atoms with E-state index in [4.69, 9.17) is 11.5 Å². The van der Waals surface area contributed by atoms with Crippen LogP contribution in [0, 0.1) is 23.2 Å². The summed E-state index contributed by atoms with van der Waals surface area (Å²) < 4.78 is 0. The van der Waals surface area contributed by atoms with Gasteiger partial charge in [0.2, 0.25) is 0 Å². The summed E-state index contributed by atoms with van der Waals surface area (Å²) in [5.74, 6) is 1.56. The van der Waals surface area contributed by atoms with Crippen LogP contribution < -0.4 is 11.5 Å². The lowest BCUT2D eigenvalue weighted by Gasteiger charge is -2.30. The van der Waals surface area contributed by atoms with E-state index in [0.29, 0.717) is 23.2 Å². The minimum absolute atomic E-state index is 0.330. The third-order valence-corrected chi connectivity index (χ3v) is 4.54. The van der Waals surface area contributed by atoms with Crippen molar-refractivity contribution in [1.82, 2.24) is 0 Å². The van der Waals surface area contributed by atoms with Gasteiger partial charge in [-0.3, -0.25) is 0 Å². The Morgan fingerprint density at radius 3 is 2.80 bits per heavy atom. The van der Waals surface area contributed by atoms with Gasteiger partial charge in [-0.15, -0.1) is 0 Å². The molecule has 0 aromatic heterocycles. The first-order chi connectivity index (χ1) is 7.12. The Morgan fingerprint density at radius 2 is 2.00 bits per heavy atom. The minimum atomic E-state index is 0.330. The molecule has 0 spiro atoms. The molecule has 3 aliphatic carbocycles. The summed E-state index contributed by atoms with van der Waals surface area (Å²) in [5, 5.41) is 0. The predicted octanol–water partition coefficient (Wildman–Crippen LogP) is 1.90. The Morgan fingerprint density at radius 1 is 1.27 bits per heavy atom. The molecular formula is C13H18N2. The van der Waals surface area contributed by atoms with Crippen molar-refractivity contribution in [3.05, 3.63) is 35.7 Å². The molecule has 1 fully saturated rings. The zero-order chi connectivity index (χ0) is 10.6. The average molecular weight is 202 g/mol. The van der Waals surface area contributed by atoms with Gasteiger partial charge in [0.15, 0.2) is 0 Å². The maximum atomic E-state index is 6.13. The molecule has 2 nitrogen and oxygen atoms in total. The monoisotopic (exact) mass is 202 g/mol. The summed E-state index contributed by atoms with van der Waals surface area (Å²) in [6, 6.07) is 0. The van der Waals surface area contributed by atoms with Gasteiger partial charge in [0, 0.05) is 23.2 Å². The van der Waals surface area contributed by atoms with E-state index >= 15 is 0 Å². The molecule has 15 heavy (non-hydrogen) atoms. The first-order valence-corrected chi connectivity index (χ1v) is 5.74. The molecule has 4 N–H and O–H groups in total. The Kier molecular flexibility index (Phi) is 1.63. The third kappa shape index (κ3) is 1.05. The van der Waals surface area contributed by atoms with Crippen molar-refractivity contribution in [2.75, 3.05) is 0 Å². The fraction of sp³-hybridized carbons (Fsp3) is 0.538. The normalized spacial score (nSPS) is 47.1. The number of nitrogens with two attached hydrogens (primary N) is 2. The molecule has 0 heterocycles. The Balaban J connectivity index is 2.10. The molecule has 2 heteroatoms. The van der Waals surface area contributed by atoms with E-state index in [-0.39, 0.29) is 0 Å². The van der Waals surface area contributed by atoms with E-state index in [1.165, 1.54) is 12.8 Å². The quantitative estimate of drug-likeness (QED) is 0.589. The van der Waals surface area contributed by atoms with Crippen LogP contribution in [0.3, 0.4) is 0 Å². The summed E-state index contributed by atoms with van der Waals surface area (Å²) in [6.07, 6.45) is 11.1. The molecule has 4 atom stereocenters. The van der Waals surface area contributed by atoms with Gasteiger partial charge in [0.1, 0.15) is 0 Å². The van der Waals surface area contributed by atoms with Gasteiger partial charge < -0.3 is 11.5 Å². The lowest BCUT2D eigenvalue weighted by Crippen LogP contribution is -2.29. The van der Waals surface area contributed by atoms with Gasteiger partial charge in [-0.2, -0.15) is 0 Å². The second-order valence-corrected chi connectivity index (χ2v) is 5.40. The molecule has 3 rings (SSSR count). The van der Waals surface area contributed by atoms with Crippen LogP contribution in [0.2, 0.25) is 0 Å². The molecule has 0 saturated heterocycles. The molecule has 1 saturated carbocycles. The van der Waals surface area contributed by atoms with Crippen LogP contribution in [0.5, 0.6) is 0 Å². The van der Waals surface area contributed by atoms with Crippen LogP contribution in [0.15, 0.2) is 35.7 Å². The minimum Gasteiger partial charge on any atom is -0.402 e. The van der Waals surface area contributed by atoms with Crippen LogP contribution in [-0.2, 0) is 0 Å². The smallest absolute Gasteiger partial charge is 0.0207 e. The third-order valence-electron chi connectivity index (χ3n) is 4.54. The number of allylic oxidation sites excluding steroid dienone is 5. The fourth-order valence-electron chi connectivity index (χ4n) is 3.69. The molecule has 80 valence electrons. The maximum Gasteiger partial charge on any atom is 0.0207 e. The topological polar surface area (TPSA) is 52.0 Å². The van der Waals surface area contributed by atoms with Crippen LogP contribution in [-0.4, -0.2) is 0 Å². The molecule has 4 unspecified atom stereocenters. The first kappa shape index (κ1) is 9.08. The molecular weight excluding hydrogens is 184 g/mol. The summed E-state index contributed by atoms with van der Waals surface area (Å²) in [7, 11) is 0. The predicted molar refractivity (Wildman–Crippen MR) is 61.5 cm³/mol. The Labute approximate surface area is 90.7 Å². The molecule has 0 radical (unpaired) electrons. The van der Waals surface area contributed by atoms with Crippen molar-refractivity contribution in [2.24, 2.45) is 34.6 Å². The highest BCUT2D eigenvalue weighted by atomic mass is 14.7. The highest BCUT2D eigenvalue weighted by Gasteiger charge is 2.51. The van der Waals surface area contributed by atoms with Crippen LogP contribution >= 0.6 is 0 Å². The zero-order valence-corrected chi connectivity index (χ0v) is 9.11. The molecule has 0 aromatic rings. The van der Waals surface area contributed by atoms with Gasteiger partial charge in [-0.1, -0.05) is 19.1 Å². The Bertz CT molecular complexity index is 391. The fourth-order valence-corrected chi connectivity index (χ4v) is 3.69. The molecule has 0 bridgehead atoms. The Hall–Kier alpha value is -1.18. The second-order valence-electron chi connectivity index (χ2n) is 5.40. The lowest BCUT2D eigenvalue weighted by molar-refractivity contribution is 0.253. The largest absolute Gasteiger partial charge is 0.402 e. The standard InChI is InChI=1S/C13H18N2/c1-13-6-4-8-10(14)2-3-11(15)9(5-7-13)12(8)13/h2-4,6,8-9,12H,5,7,14-15H2,1H3. The van der Waals surface area contributed by atoms with Gasteiger partial charge in [0.25, 0.3) is 0 Å². The number of hydrogen-bond donors (Lipinski definition) is 2. The maximum absolute atomic E-state index is 6.13. The first-order valence-electron chi connectivity index (χ1n) is 5.74. The average Bonchev–Trinajstić information content (AvgIpc) is 2.64. The highest BCUT2D eigenvalue weighted by molar-refractivity contribution is 5.34. The van der Waals surface area contributed by atoms with Crippen molar-refractivity contribution >= 4 is 0 Å². The summed E-state index contributed by atoms with van der Waals surface area (Å²) in [4.78, 5) is 0. The summed E-state index contributed by atoms with van der Waals surface area (Å²) in [5.41, 5.74) is 14.6. The van der Waals surface area contributed by atoms with Crippen LogP contribution in [0.25, 0.3) is 0 Å². The van der Waals surface area contributed by atoms with Crippen LogP contribution in [0.1, 0.15) is 19.8 Å². The van der Waals surface area contributed by atoms with Crippen LogP contribution in [0.4, 0.5) is 0 Å². The molecule has 0 aliphatic heterocycles. The van der Waals surface area contributed by atoms with Crippen molar-refractivity contribution in [3.8, 4) is 0 Å². The van der Waals surface area contributed by atoms with E-state index in [1.54, 1.807) is 0 Å². The summed E-state index contributed by atoms with van der Waals surface area (Å²) >= 11 is 0. The van der Waals surface area contributed by atoms with E-state index in [2.05, 4.69) is 19.1 Å². The van der Waals surface area contributed by atoms with Crippen molar-refractivity contribution in [1.29, 1.82) is 0 Å². The van der Waals surface area contributed by atoms with Crippen molar-refractivity contribution < 1.29 is 0 Å². The van der Waals surface area contributed by atoms with E-state index < -0.39 is 0 Å². The van der Waals surface area contributed by atoms with E-state index in [9.17, 15) is 0 Å². The van der Waals surface area contributed by atoms with Gasteiger partial charge in [-0.05, 0) is 36.3 Å². The summed E-state index contributed by atoms with van der Waals surface area (Å²) in [6.45, 7) is 2.35. The molecule has 3 aliphatic rings. The van der Waals surface area contributed by atoms with Crippen molar-refractivity contribution in [3.63, 3.8) is 0 Å². The van der Waals surface area contributed by atoms with Gasteiger partial charge in [0.05, 0.1) is 0 Å². The zero-order valence-electron chi connectivity index (χ0n) is 9.11. The highest BCUT2D eigenvalue weighted by Crippen LogP contribution is 2.58. The SMILES string of the molecule is CC12C=CC3C(N)=CC=C(N)C(CC1)C32. The number of rotatable bonds is 0. The molecule has 0 amide bonds. The van der Waals surface area contributed by atoms with E-state index in [1.807, 2.05) is 12.2 Å². The van der Waals surface area contributed by atoms with E-state index in [0.717, 1.165) is 11.4 Å². The second kappa shape index (κ2) is 2.69. The molecule has 0 aromatic carbocycles. The van der Waals surface area contributed by atoms with Gasteiger partial charge >= 0.3 is 0 Å². The van der Waals surface area contributed by atoms with Crippen molar-refractivity contribution in [2.45, 2.75) is 19.8 Å². The number of hydrogen-bond acceptors (Lipinski definition) is 2. The lowest BCUT2D eigenvalue weighted by atomic mass is 9.74.